The van der Waals surface area contributed by atoms with Crippen molar-refractivity contribution in [3.63, 3.8) is 0 Å². The van der Waals surface area contributed by atoms with Gasteiger partial charge in [-0.3, -0.25) is 4.79 Å². The number of hydrogen-bond acceptors (Lipinski definition) is 3. The van der Waals surface area contributed by atoms with Crippen LogP contribution in [0.2, 0.25) is 0 Å². The molecule has 1 amide bonds. The largest absolute Gasteiger partial charge is 0.352 e. The summed E-state index contributed by atoms with van der Waals surface area (Å²) in [6.45, 7) is 3.04. The molecule has 2 N–H and O–H groups in total. The quantitative estimate of drug-likeness (QED) is 0.860. The molecule has 0 saturated carbocycles. The first-order valence-corrected chi connectivity index (χ1v) is 7.20. The number of nitrogens with one attached hydrogen (secondary N) is 2. The van der Waals surface area contributed by atoms with Gasteiger partial charge in [-0.25, -0.2) is 0 Å². The smallest absolute Gasteiger partial charge is 0.237 e. The molecular formula is C13H20N2OS. The Morgan fingerprint density at radius 3 is 3.18 bits per heavy atom. The van der Waals surface area contributed by atoms with Gasteiger partial charge in [0.15, 0.2) is 0 Å². The molecule has 2 unspecified atom stereocenters. The zero-order chi connectivity index (χ0) is 12.1. The molecule has 3 nitrogen and oxygen atoms in total. The Labute approximate surface area is 107 Å². The number of carbonyl (C=O) groups is 1. The zero-order valence-electron chi connectivity index (χ0n) is 10.2. The van der Waals surface area contributed by atoms with Crippen molar-refractivity contribution in [3.8, 4) is 0 Å². The van der Waals surface area contributed by atoms with E-state index in [1.807, 2.05) is 0 Å². The molecule has 2 rings (SSSR count). The Morgan fingerprint density at radius 1 is 1.65 bits per heavy atom. The second kappa shape index (κ2) is 6.17. The van der Waals surface area contributed by atoms with Crippen LogP contribution in [0.4, 0.5) is 0 Å². The third-order valence-electron chi connectivity index (χ3n) is 3.10. The van der Waals surface area contributed by atoms with Crippen molar-refractivity contribution in [1.82, 2.24) is 10.6 Å². The van der Waals surface area contributed by atoms with Gasteiger partial charge in [-0.2, -0.15) is 0 Å². The standard InChI is InChI=1S/C13H20N2OS/c1-10(9-11-5-4-8-17-11)15-13(16)12-6-2-3-7-14-12/h4-5,8,10,12,14H,2-3,6-7,9H2,1H3,(H,15,16). The van der Waals surface area contributed by atoms with Crippen molar-refractivity contribution in [1.29, 1.82) is 0 Å². The second-order valence-corrected chi connectivity index (χ2v) is 5.73. The maximum atomic E-state index is 12.0. The van der Waals surface area contributed by atoms with Crippen molar-refractivity contribution >= 4 is 17.2 Å². The summed E-state index contributed by atoms with van der Waals surface area (Å²) >= 11 is 1.75. The van der Waals surface area contributed by atoms with Gasteiger partial charge in [-0.15, -0.1) is 11.3 Å². The summed E-state index contributed by atoms with van der Waals surface area (Å²) in [6, 6.07) is 4.41. The van der Waals surface area contributed by atoms with Crippen molar-refractivity contribution in [2.24, 2.45) is 0 Å². The Balaban J connectivity index is 1.77. The van der Waals surface area contributed by atoms with Crippen LogP contribution in [-0.4, -0.2) is 24.5 Å². The number of thiophene rings is 1. The fourth-order valence-electron chi connectivity index (χ4n) is 2.20. The van der Waals surface area contributed by atoms with Gasteiger partial charge in [-0.05, 0) is 37.8 Å². The van der Waals surface area contributed by atoms with E-state index in [9.17, 15) is 4.79 Å². The summed E-state index contributed by atoms with van der Waals surface area (Å²) < 4.78 is 0. The highest BCUT2D eigenvalue weighted by atomic mass is 32.1. The first-order chi connectivity index (χ1) is 8.25. The lowest BCUT2D eigenvalue weighted by molar-refractivity contribution is -0.124. The van der Waals surface area contributed by atoms with E-state index in [1.165, 1.54) is 11.3 Å². The average Bonchev–Trinajstić information content (AvgIpc) is 2.82. The van der Waals surface area contributed by atoms with Gasteiger partial charge < -0.3 is 10.6 Å². The summed E-state index contributed by atoms with van der Waals surface area (Å²) in [4.78, 5) is 13.3. The highest BCUT2D eigenvalue weighted by Crippen LogP contribution is 2.12. The number of amides is 1. The molecule has 1 aromatic rings. The van der Waals surface area contributed by atoms with Crippen LogP contribution in [0.1, 0.15) is 31.1 Å². The van der Waals surface area contributed by atoms with Crippen LogP contribution < -0.4 is 10.6 Å². The molecule has 2 heterocycles. The van der Waals surface area contributed by atoms with Gasteiger partial charge in [0.05, 0.1) is 6.04 Å². The van der Waals surface area contributed by atoms with E-state index in [2.05, 4.69) is 35.1 Å². The van der Waals surface area contributed by atoms with E-state index >= 15 is 0 Å². The summed E-state index contributed by atoms with van der Waals surface area (Å²) in [6.07, 6.45) is 4.24. The Kier molecular flexibility index (Phi) is 4.57. The van der Waals surface area contributed by atoms with Gasteiger partial charge in [0.2, 0.25) is 5.91 Å². The van der Waals surface area contributed by atoms with E-state index < -0.39 is 0 Å². The minimum absolute atomic E-state index is 0.0227. The van der Waals surface area contributed by atoms with Gasteiger partial charge in [0, 0.05) is 17.3 Å². The molecule has 0 aliphatic carbocycles. The van der Waals surface area contributed by atoms with Crippen molar-refractivity contribution < 1.29 is 4.79 Å². The molecule has 17 heavy (non-hydrogen) atoms. The Morgan fingerprint density at radius 2 is 2.53 bits per heavy atom. The highest BCUT2D eigenvalue weighted by molar-refractivity contribution is 7.09. The molecular weight excluding hydrogens is 232 g/mol. The molecule has 1 aromatic heterocycles. The lowest BCUT2D eigenvalue weighted by Crippen LogP contribution is -2.49. The molecule has 1 saturated heterocycles. The maximum absolute atomic E-state index is 12.0. The van der Waals surface area contributed by atoms with Crippen LogP contribution in [0.5, 0.6) is 0 Å². The molecule has 0 aromatic carbocycles. The van der Waals surface area contributed by atoms with Crippen molar-refractivity contribution in [3.05, 3.63) is 22.4 Å². The van der Waals surface area contributed by atoms with E-state index in [1.54, 1.807) is 11.3 Å². The van der Waals surface area contributed by atoms with E-state index in [4.69, 9.17) is 0 Å². The zero-order valence-corrected chi connectivity index (χ0v) is 11.1. The number of piperidine rings is 1. The van der Waals surface area contributed by atoms with Crippen LogP contribution in [-0.2, 0) is 11.2 Å². The number of carbonyl (C=O) groups excluding carboxylic acids is 1. The first-order valence-electron chi connectivity index (χ1n) is 6.32. The normalized spacial score (nSPS) is 22.1. The Bertz CT molecular complexity index is 344. The molecule has 4 heteroatoms. The van der Waals surface area contributed by atoms with Crippen LogP contribution in [0.15, 0.2) is 17.5 Å². The molecule has 2 atom stereocenters. The predicted molar refractivity (Wildman–Crippen MR) is 71.3 cm³/mol. The van der Waals surface area contributed by atoms with Crippen LogP contribution in [0, 0.1) is 0 Å². The first kappa shape index (κ1) is 12.6. The van der Waals surface area contributed by atoms with Crippen molar-refractivity contribution in [2.75, 3.05) is 6.54 Å². The van der Waals surface area contributed by atoms with Gasteiger partial charge in [0.25, 0.3) is 0 Å². The summed E-state index contributed by atoms with van der Waals surface area (Å²) in [5.74, 6) is 0.161. The summed E-state index contributed by atoms with van der Waals surface area (Å²) in [5, 5.41) is 8.44. The van der Waals surface area contributed by atoms with Crippen LogP contribution in [0.25, 0.3) is 0 Å². The minimum atomic E-state index is 0.0227. The van der Waals surface area contributed by atoms with Gasteiger partial charge in [0.1, 0.15) is 0 Å². The van der Waals surface area contributed by atoms with Gasteiger partial charge >= 0.3 is 0 Å². The fourth-order valence-corrected chi connectivity index (χ4v) is 3.04. The average molecular weight is 252 g/mol. The topological polar surface area (TPSA) is 41.1 Å². The van der Waals surface area contributed by atoms with E-state index in [-0.39, 0.29) is 18.0 Å². The maximum Gasteiger partial charge on any atom is 0.237 e. The lowest BCUT2D eigenvalue weighted by atomic mass is 10.0. The lowest BCUT2D eigenvalue weighted by Gasteiger charge is -2.24. The van der Waals surface area contributed by atoms with Crippen LogP contribution in [0.3, 0.4) is 0 Å². The number of rotatable bonds is 4. The van der Waals surface area contributed by atoms with E-state index in [0.717, 1.165) is 25.8 Å². The molecule has 1 aliphatic rings. The third kappa shape index (κ3) is 3.82. The fraction of sp³-hybridized carbons (Fsp3) is 0.615. The van der Waals surface area contributed by atoms with E-state index in [0.29, 0.717) is 0 Å². The SMILES string of the molecule is CC(Cc1cccs1)NC(=O)C1CCCCN1. The van der Waals surface area contributed by atoms with Crippen molar-refractivity contribution in [2.45, 2.75) is 44.7 Å². The Hall–Kier alpha value is -0.870. The molecule has 1 aliphatic heterocycles. The van der Waals surface area contributed by atoms with Crippen LogP contribution >= 0.6 is 11.3 Å². The monoisotopic (exact) mass is 252 g/mol. The molecule has 1 fully saturated rings. The molecule has 0 radical (unpaired) electrons. The van der Waals surface area contributed by atoms with Gasteiger partial charge in [-0.1, -0.05) is 12.5 Å². The minimum Gasteiger partial charge on any atom is -0.352 e. The predicted octanol–water partition coefficient (Wildman–Crippen LogP) is 1.94. The molecule has 0 spiro atoms. The second-order valence-electron chi connectivity index (χ2n) is 4.70. The third-order valence-corrected chi connectivity index (χ3v) is 4.00. The summed E-state index contributed by atoms with van der Waals surface area (Å²) in [7, 11) is 0. The molecule has 0 bridgehead atoms. The molecule has 94 valence electrons. The summed E-state index contributed by atoms with van der Waals surface area (Å²) in [5.41, 5.74) is 0. The number of hydrogen-bond donors (Lipinski definition) is 2. The highest BCUT2D eigenvalue weighted by Gasteiger charge is 2.21.